The molecule has 0 amide bonds. The van der Waals surface area contributed by atoms with Gasteiger partial charge in [0.05, 0.1) is 66.8 Å². The Kier molecular flexibility index (Phi) is 35.5. The number of methoxy groups -OCH3 is 6. The summed E-state index contributed by atoms with van der Waals surface area (Å²) in [6.45, 7) is 8.67. The second kappa shape index (κ2) is 45.5. The highest BCUT2D eigenvalue weighted by atomic mass is 32.2. The molecule has 0 radical (unpaired) electrons. The van der Waals surface area contributed by atoms with Crippen molar-refractivity contribution in [1.82, 2.24) is 18.6 Å². The number of rotatable bonds is 36. The summed E-state index contributed by atoms with van der Waals surface area (Å²) in [5.41, 5.74) is 12.9. The summed E-state index contributed by atoms with van der Waals surface area (Å²) < 4.78 is 114. The number of thioether (sulfide) groups is 2. The van der Waals surface area contributed by atoms with Crippen molar-refractivity contribution in [3.63, 3.8) is 0 Å². The second-order valence-corrected chi connectivity index (χ2v) is 36.1. The summed E-state index contributed by atoms with van der Waals surface area (Å²) in [6, 6.07) is 101. The highest BCUT2D eigenvalue weighted by Gasteiger charge is 2.39. The fourth-order valence-corrected chi connectivity index (χ4v) is 20.7. The molecule has 614 valence electrons. The SMILES string of the molecule is COc1ccc(CN(CCS)S(=O)(=O)c2ccc(C)cc2)c(OC)c1.COc1ccc(CN(CCSC(c2ccccc2)(c2ccccc2)c2ccccc2)S(=O)(=O)c2ccc(C)cc2)c(OC)c1.COc1ccc(CNCCSC(c2ccccc2)(c2ccccc2)c2ccccc2)c(OC)c1.Cc1ccc(S(=O)(=O)NCCS)cc1. The molecule has 12 rings (SSSR count). The van der Waals surface area contributed by atoms with Crippen molar-refractivity contribution in [3.8, 4) is 34.5 Å². The summed E-state index contributed by atoms with van der Waals surface area (Å²) in [5.74, 6) is 6.49. The van der Waals surface area contributed by atoms with Gasteiger partial charge in [-0.2, -0.15) is 33.9 Å². The van der Waals surface area contributed by atoms with Crippen LogP contribution in [0.2, 0.25) is 0 Å². The quantitative estimate of drug-likeness (QED) is 0.0165. The van der Waals surface area contributed by atoms with Crippen LogP contribution in [0.3, 0.4) is 0 Å². The number of hydrogen-bond donors (Lipinski definition) is 4. The Morgan fingerprint density at radius 1 is 0.333 bits per heavy atom. The maximum Gasteiger partial charge on any atom is 0.243 e. The largest absolute Gasteiger partial charge is 0.497 e. The minimum Gasteiger partial charge on any atom is -0.497 e. The smallest absolute Gasteiger partial charge is 0.243 e. The molecule has 0 aromatic heterocycles. The van der Waals surface area contributed by atoms with Crippen molar-refractivity contribution in [1.29, 1.82) is 0 Å². The molecule has 23 heteroatoms. The number of thiol groups is 2. The molecule has 0 saturated carbocycles. The minimum atomic E-state index is -3.84. The molecule has 0 fully saturated rings. The van der Waals surface area contributed by atoms with Crippen LogP contribution in [0, 0.1) is 20.8 Å². The van der Waals surface area contributed by atoms with Gasteiger partial charge < -0.3 is 33.7 Å². The lowest BCUT2D eigenvalue weighted by molar-refractivity contribution is 0.377. The van der Waals surface area contributed by atoms with Crippen LogP contribution in [-0.4, -0.2) is 126 Å². The molecule has 0 aliphatic rings. The summed E-state index contributed by atoms with van der Waals surface area (Å²) in [4.78, 5) is 0.832. The molecule has 12 aromatic carbocycles. The van der Waals surface area contributed by atoms with E-state index < -0.39 is 34.8 Å². The molecular weight excluding hydrogens is 1600 g/mol. The van der Waals surface area contributed by atoms with Gasteiger partial charge in [-0.1, -0.05) is 253 Å². The maximum absolute atomic E-state index is 14.2. The maximum atomic E-state index is 14.2. The normalized spacial score (nSPS) is 11.6. The van der Waals surface area contributed by atoms with Crippen LogP contribution in [0.1, 0.15) is 66.8 Å². The Morgan fingerprint density at radius 2 is 0.632 bits per heavy atom. The first-order chi connectivity index (χ1) is 56.6. The zero-order chi connectivity index (χ0) is 83.7. The first kappa shape index (κ1) is 91.4. The van der Waals surface area contributed by atoms with Crippen LogP contribution >= 0.6 is 48.8 Å². The van der Waals surface area contributed by atoms with E-state index in [1.165, 1.54) is 21.0 Å². The lowest BCUT2D eigenvalue weighted by Gasteiger charge is -2.36. The van der Waals surface area contributed by atoms with Crippen molar-refractivity contribution in [2.75, 3.05) is 91.8 Å². The van der Waals surface area contributed by atoms with Crippen LogP contribution < -0.4 is 38.5 Å². The molecule has 117 heavy (non-hydrogen) atoms. The van der Waals surface area contributed by atoms with Gasteiger partial charge in [0.2, 0.25) is 30.1 Å². The van der Waals surface area contributed by atoms with E-state index in [4.69, 9.17) is 28.4 Å². The highest BCUT2D eigenvalue weighted by Crippen LogP contribution is 2.50. The van der Waals surface area contributed by atoms with E-state index in [1.54, 1.807) is 138 Å². The third kappa shape index (κ3) is 24.6. The molecule has 0 aliphatic carbocycles. The molecule has 0 bridgehead atoms. The number of sulfonamides is 3. The van der Waals surface area contributed by atoms with E-state index in [9.17, 15) is 25.3 Å². The lowest BCUT2D eigenvalue weighted by atomic mass is 9.84. The van der Waals surface area contributed by atoms with Gasteiger partial charge >= 0.3 is 0 Å². The molecule has 16 nitrogen and oxygen atoms in total. The Bertz CT molecular complexity index is 5160. The Labute approximate surface area is 712 Å². The molecule has 0 unspecified atom stereocenters. The van der Waals surface area contributed by atoms with Crippen LogP contribution in [0.25, 0.3) is 0 Å². The van der Waals surface area contributed by atoms with Gasteiger partial charge in [-0.25, -0.2) is 30.0 Å². The van der Waals surface area contributed by atoms with Gasteiger partial charge in [-0.3, -0.25) is 0 Å². The molecule has 12 aromatic rings. The number of benzene rings is 12. The predicted octanol–water partition coefficient (Wildman–Crippen LogP) is 18.8. The van der Waals surface area contributed by atoms with E-state index in [0.717, 1.165) is 80.4 Å². The molecule has 0 saturated heterocycles. The predicted molar refractivity (Wildman–Crippen MR) is 485 cm³/mol. The molecule has 0 aliphatic heterocycles. The average molecular weight is 1710 g/mol. The number of ether oxygens (including phenoxy) is 6. The van der Waals surface area contributed by atoms with Gasteiger partial charge in [0.25, 0.3) is 0 Å². The number of hydrogen-bond acceptors (Lipinski definition) is 17. The van der Waals surface area contributed by atoms with Crippen LogP contribution in [-0.2, 0) is 59.2 Å². The third-order valence-electron chi connectivity index (χ3n) is 19.2. The van der Waals surface area contributed by atoms with Gasteiger partial charge in [0.15, 0.2) is 0 Å². The van der Waals surface area contributed by atoms with E-state index >= 15 is 0 Å². The van der Waals surface area contributed by atoms with E-state index in [0.29, 0.717) is 58.2 Å². The highest BCUT2D eigenvalue weighted by molar-refractivity contribution is 8.01. The van der Waals surface area contributed by atoms with Crippen LogP contribution in [0.15, 0.2) is 324 Å². The topological polar surface area (TPSA) is 188 Å². The zero-order valence-electron chi connectivity index (χ0n) is 67.5. The van der Waals surface area contributed by atoms with Crippen LogP contribution in [0.5, 0.6) is 34.5 Å². The fraction of sp³-hybridized carbons (Fsp3) is 0.234. The van der Waals surface area contributed by atoms with Gasteiger partial charge in [-0.05, 0) is 109 Å². The van der Waals surface area contributed by atoms with Gasteiger partial charge in [0.1, 0.15) is 34.5 Å². The summed E-state index contributed by atoms with van der Waals surface area (Å²) in [7, 11) is -1.12. The first-order valence-electron chi connectivity index (χ1n) is 38.0. The molecular formula is C94H104N4O12S7. The summed E-state index contributed by atoms with van der Waals surface area (Å²) in [5, 5.41) is 3.60. The summed E-state index contributed by atoms with van der Waals surface area (Å²) in [6.07, 6.45) is 0. The van der Waals surface area contributed by atoms with Gasteiger partial charge in [-0.15, -0.1) is 23.5 Å². The Morgan fingerprint density at radius 3 is 0.940 bits per heavy atom. The third-order valence-corrected chi connectivity index (χ3v) is 27.9. The Hall–Kier alpha value is -9.47. The summed E-state index contributed by atoms with van der Waals surface area (Å²) >= 11 is 11.8. The number of nitrogens with zero attached hydrogens (tertiary/aromatic N) is 2. The van der Waals surface area contributed by atoms with Crippen LogP contribution in [0.4, 0.5) is 0 Å². The van der Waals surface area contributed by atoms with Crippen molar-refractivity contribution >= 4 is 78.9 Å². The molecule has 2 N–H and O–H groups in total. The molecule has 0 heterocycles. The monoisotopic (exact) mass is 1700 g/mol. The zero-order valence-corrected chi connectivity index (χ0v) is 73.3. The van der Waals surface area contributed by atoms with E-state index in [2.05, 4.69) is 205 Å². The second-order valence-electron chi connectivity index (χ2n) is 26.9. The van der Waals surface area contributed by atoms with E-state index in [-0.39, 0.29) is 34.2 Å². The lowest BCUT2D eigenvalue weighted by Crippen LogP contribution is -2.34. The average Bonchev–Trinajstić information content (AvgIpc) is 0.761. The fourth-order valence-electron chi connectivity index (χ4n) is 13.1. The standard InChI is InChI=1S/C37H37NO4S2.C30H31NO2S.C18H23NO4S2.C9H13NO2S2/c1-29-19-23-35(24-20-29)44(39,40)38(28-30-21-22-34(41-2)27-36(30)42-3)25-26-43-37(31-13-7-4-8-14-31,32-15-9-5-10-16-32)33-17-11-6-12-18-33;1-32-28-19-18-24(29(22-28)33-2)23-31-20-21-34-30(25-12-6-3-7-13-25,26-14-8-4-9-15-26)27-16-10-5-11-17-27;1-14-4-8-17(9-5-14)25(20,21)19(10-11-24)13-15-6-7-16(22-2)12-18(15)23-3;1-8-2-4-9(5-3-8)14(11,12)10-6-7-13/h4-24,27H,25-26,28H2,1-3H3;3-19,22,31H,20-21,23H2,1-2H3;4-9,12,24H,10-11,13H2,1-3H3;2-5,10,13H,6-7H2,1H3. The molecule has 0 atom stereocenters. The van der Waals surface area contributed by atoms with E-state index in [1.807, 2.05) is 93.2 Å². The first-order valence-corrected chi connectivity index (χ1v) is 45.6. The van der Waals surface area contributed by atoms with Crippen molar-refractivity contribution < 1.29 is 53.7 Å². The molecule has 0 spiro atoms. The van der Waals surface area contributed by atoms with Crippen molar-refractivity contribution in [2.24, 2.45) is 0 Å². The van der Waals surface area contributed by atoms with Crippen molar-refractivity contribution in [3.05, 3.63) is 376 Å². The van der Waals surface area contributed by atoms with Gasteiger partial charge in [0, 0.05) is 104 Å². The van der Waals surface area contributed by atoms with Crippen molar-refractivity contribution in [2.45, 2.75) is 64.6 Å². The minimum absolute atomic E-state index is 0.152. The number of nitrogens with one attached hydrogen (secondary N) is 2. The number of aryl methyl sites for hydroxylation is 3. The Balaban J connectivity index is 0.000000190.